The molecule has 7 heteroatoms. The largest absolute Gasteiger partial charge is 0.263 e. The van der Waals surface area contributed by atoms with Crippen molar-refractivity contribution in [1.29, 1.82) is 0 Å². The highest BCUT2D eigenvalue weighted by Crippen LogP contribution is 2.25. The second-order valence-electron chi connectivity index (χ2n) is 7.43. The number of hydrogen-bond acceptors (Lipinski definition) is 4. The number of aromatic nitrogens is 2. The van der Waals surface area contributed by atoms with Crippen LogP contribution in [-0.4, -0.2) is 18.4 Å². The molecule has 0 unspecified atom stereocenters. The fourth-order valence-electron chi connectivity index (χ4n) is 3.58. The van der Waals surface area contributed by atoms with Gasteiger partial charge in [0, 0.05) is 11.4 Å². The Morgan fingerprint density at radius 1 is 0.750 bits per heavy atom. The number of nitrogens with zero attached hydrogens (tertiary/aromatic N) is 2. The summed E-state index contributed by atoms with van der Waals surface area (Å²) in [7, 11) is -3.86. The van der Waals surface area contributed by atoms with E-state index in [4.69, 9.17) is 16.6 Å². The van der Waals surface area contributed by atoms with Gasteiger partial charge >= 0.3 is 0 Å². The standard InChI is InChI=1S/C25H18ClN3O2S/c26-20-11-13-21(14-12-20)32(30,31)29-25-24(27-22-7-3-4-8-23(22)28-25)16-17-9-10-18-5-1-2-6-19(18)15-17/h1-15H,16H2,(H,28,29). The van der Waals surface area contributed by atoms with Gasteiger partial charge in [-0.2, -0.15) is 0 Å². The van der Waals surface area contributed by atoms with E-state index in [9.17, 15) is 8.42 Å². The zero-order valence-corrected chi connectivity index (χ0v) is 18.4. The Hall–Kier alpha value is -3.48. The lowest BCUT2D eigenvalue weighted by molar-refractivity contribution is 0.601. The summed E-state index contributed by atoms with van der Waals surface area (Å²) in [6.45, 7) is 0. The number of fused-ring (bicyclic) bond motifs is 2. The molecule has 5 rings (SSSR count). The summed E-state index contributed by atoms with van der Waals surface area (Å²) in [4.78, 5) is 9.42. The minimum atomic E-state index is -3.86. The lowest BCUT2D eigenvalue weighted by Gasteiger charge is -2.13. The molecule has 0 saturated heterocycles. The van der Waals surface area contributed by atoms with Gasteiger partial charge in [-0.25, -0.2) is 18.4 Å². The van der Waals surface area contributed by atoms with Crippen molar-refractivity contribution >= 4 is 49.2 Å². The molecule has 0 bridgehead atoms. The van der Waals surface area contributed by atoms with Crippen LogP contribution in [0.25, 0.3) is 21.8 Å². The summed E-state index contributed by atoms with van der Waals surface area (Å²) in [5.41, 5.74) is 2.89. The maximum Gasteiger partial charge on any atom is 0.263 e. The van der Waals surface area contributed by atoms with Crippen molar-refractivity contribution in [2.24, 2.45) is 0 Å². The topological polar surface area (TPSA) is 72.0 Å². The van der Waals surface area contributed by atoms with Gasteiger partial charge < -0.3 is 0 Å². The van der Waals surface area contributed by atoms with Crippen molar-refractivity contribution in [3.63, 3.8) is 0 Å². The number of nitrogens with one attached hydrogen (secondary N) is 1. The molecule has 0 radical (unpaired) electrons. The van der Waals surface area contributed by atoms with Gasteiger partial charge in [-0.15, -0.1) is 0 Å². The van der Waals surface area contributed by atoms with Gasteiger partial charge in [-0.3, -0.25) is 4.72 Å². The predicted molar refractivity (Wildman–Crippen MR) is 129 cm³/mol. The smallest absolute Gasteiger partial charge is 0.262 e. The van der Waals surface area contributed by atoms with E-state index in [2.05, 4.69) is 34.0 Å². The summed E-state index contributed by atoms with van der Waals surface area (Å²) >= 11 is 5.91. The molecule has 1 aromatic heterocycles. The molecule has 0 aliphatic rings. The molecule has 32 heavy (non-hydrogen) atoms. The molecule has 1 N–H and O–H groups in total. The van der Waals surface area contributed by atoms with E-state index >= 15 is 0 Å². The Bertz CT molecular complexity index is 1550. The van der Waals surface area contributed by atoms with Gasteiger partial charge in [0.05, 0.1) is 21.6 Å². The monoisotopic (exact) mass is 459 g/mol. The third-order valence-electron chi connectivity index (χ3n) is 5.18. The molecule has 158 valence electrons. The van der Waals surface area contributed by atoms with Crippen LogP contribution in [0.15, 0.2) is 95.9 Å². The summed E-state index contributed by atoms with van der Waals surface area (Å²) in [5, 5.41) is 2.72. The van der Waals surface area contributed by atoms with Crippen LogP contribution < -0.4 is 4.72 Å². The molecule has 0 aliphatic heterocycles. The highest BCUT2D eigenvalue weighted by molar-refractivity contribution is 7.92. The first-order valence-corrected chi connectivity index (χ1v) is 11.9. The molecular formula is C25H18ClN3O2S. The van der Waals surface area contributed by atoms with E-state index < -0.39 is 10.0 Å². The molecule has 0 amide bonds. The van der Waals surface area contributed by atoms with Crippen molar-refractivity contribution in [2.45, 2.75) is 11.3 Å². The van der Waals surface area contributed by atoms with Crippen LogP contribution in [0, 0.1) is 0 Å². The first-order valence-electron chi connectivity index (χ1n) is 10.00. The molecule has 4 aromatic carbocycles. The third kappa shape index (κ3) is 4.15. The zero-order valence-electron chi connectivity index (χ0n) is 16.9. The van der Waals surface area contributed by atoms with Crippen LogP contribution in [0.2, 0.25) is 5.02 Å². The third-order valence-corrected chi connectivity index (χ3v) is 6.79. The van der Waals surface area contributed by atoms with Crippen molar-refractivity contribution < 1.29 is 8.42 Å². The van der Waals surface area contributed by atoms with Gasteiger partial charge in [0.1, 0.15) is 0 Å². The molecule has 0 atom stereocenters. The summed E-state index contributed by atoms with van der Waals surface area (Å²) in [6, 6.07) is 27.7. The number of benzene rings is 4. The Morgan fingerprint density at radius 2 is 1.41 bits per heavy atom. The quantitative estimate of drug-likeness (QED) is 0.359. The Morgan fingerprint density at radius 3 is 2.16 bits per heavy atom. The Balaban J connectivity index is 1.57. The minimum Gasteiger partial charge on any atom is -0.262 e. The fourth-order valence-corrected chi connectivity index (χ4v) is 4.74. The summed E-state index contributed by atoms with van der Waals surface area (Å²) in [5.74, 6) is 0.215. The lowest BCUT2D eigenvalue weighted by atomic mass is 10.0. The normalized spacial score (nSPS) is 11.7. The summed E-state index contributed by atoms with van der Waals surface area (Å²) < 4.78 is 28.6. The number of sulfonamides is 1. The van der Waals surface area contributed by atoms with Crippen molar-refractivity contribution in [3.8, 4) is 0 Å². The van der Waals surface area contributed by atoms with E-state index in [0.717, 1.165) is 16.3 Å². The summed E-state index contributed by atoms with van der Waals surface area (Å²) in [6.07, 6.45) is 0.432. The Kier molecular flexibility index (Phi) is 5.25. The molecular weight excluding hydrogens is 442 g/mol. The minimum absolute atomic E-state index is 0.105. The molecule has 1 heterocycles. The van der Waals surface area contributed by atoms with E-state index in [1.165, 1.54) is 24.3 Å². The predicted octanol–water partition coefficient (Wildman–Crippen LogP) is 5.83. The molecule has 0 fully saturated rings. The highest BCUT2D eigenvalue weighted by atomic mass is 35.5. The van der Waals surface area contributed by atoms with Crippen LogP contribution in [-0.2, 0) is 16.4 Å². The number of anilines is 1. The van der Waals surface area contributed by atoms with E-state index in [1.807, 2.05) is 42.5 Å². The maximum absolute atomic E-state index is 13.0. The number of rotatable bonds is 5. The van der Waals surface area contributed by atoms with Crippen LogP contribution in [0.5, 0.6) is 0 Å². The number of halogens is 1. The molecule has 0 aliphatic carbocycles. The van der Waals surface area contributed by atoms with Crippen LogP contribution in [0.3, 0.4) is 0 Å². The highest BCUT2D eigenvalue weighted by Gasteiger charge is 2.19. The second kappa shape index (κ2) is 8.22. The lowest BCUT2D eigenvalue weighted by Crippen LogP contribution is -2.16. The first-order chi connectivity index (χ1) is 15.5. The van der Waals surface area contributed by atoms with Gasteiger partial charge in [0.15, 0.2) is 5.82 Å². The fraction of sp³-hybridized carbons (Fsp3) is 0.0400. The molecule has 0 spiro atoms. The van der Waals surface area contributed by atoms with Crippen LogP contribution in [0.1, 0.15) is 11.3 Å². The van der Waals surface area contributed by atoms with Crippen molar-refractivity contribution in [1.82, 2.24) is 9.97 Å². The number of hydrogen-bond donors (Lipinski definition) is 1. The maximum atomic E-state index is 13.0. The average Bonchev–Trinajstić information content (AvgIpc) is 2.79. The average molecular weight is 460 g/mol. The van der Waals surface area contributed by atoms with Crippen molar-refractivity contribution in [2.75, 3.05) is 4.72 Å². The van der Waals surface area contributed by atoms with Crippen LogP contribution >= 0.6 is 11.6 Å². The van der Waals surface area contributed by atoms with E-state index in [-0.39, 0.29) is 10.7 Å². The zero-order chi connectivity index (χ0) is 22.1. The van der Waals surface area contributed by atoms with E-state index in [0.29, 0.717) is 28.2 Å². The van der Waals surface area contributed by atoms with Gasteiger partial charge in [0.2, 0.25) is 0 Å². The van der Waals surface area contributed by atoms with Gasteiger partial charge in [-0.1, -0.05) is 66.2 Å². The SMILES string of the molecule is O=S(=O)(Nc1nc2ccccc2nc1Cc1ccc2ccccc2c1)c1ccc(Cl)cc1. The first kappa shape index (κ1) is 20.4. The molecule has 5 nitrogen and oxygen atoms in total. The van der Waals surface area contributed by atoms with Gasteiger partial charge in [0.25, 0.3) is 10.0 Å². The van der Waals surface area contributed by atoms with Crippen molar-refractivity contribution in [3.05, 3.63) is 107 Å². The molecule has 0 saturated carbocycles. The number of para-hydroxylation sites is 2. The van der Waals surface area contributed by atoms with Gasteiger partial charge in [-0.05, 0) is 52.7 Å². The van der Waals surface area contributed by atoms with Crippen LogP contribution in [0.4, 0.5) is 5.82 Å². The Labute approximate surface area is 190 Å². The second-order valence-corrected chi connectivity index (χ2v) is 9.54. The van der Waals surface area contributed by atoms with E-state index in [1.54, 1.807) is 0 Å². The molecule has 5 aromatic rings.